The average Bonchev–Trinajstić information content (AvgIpc) is 3.06. The molecule has 0 N–H and O–H groups in total. The number of likely N-dealkylation sites (tertiary alicyclic amines) is 2. The second kappa shape index (κ2) is 5.50. The van der Waals surface area contributed by atoms with Crippen LogP contribution in [0.15, 0.2) is 30.3 Å². The Morgan fingerprint density at radius 2 is 1.75 bits per heavy atom. The summed E-state index contributed by atoms with van der Waals surface area (Å²) in [6, 6.07) is 11.8. The average molecular weight is 270 g/mol. The maximum atomic E-state index is 2.78. The lowest BCUT2D eigenvalue weighted by molar-refractivity contribution is 0.0363. The molecule has 2 saturated heterocycles. The van der Waals surface area contributed by atoms with Gasteiger partial charge < -0.3 is 0 Å². The van der Waals surface area contributed by atoms with Crippen LogP contribution < -0.4 is 0 Å². The Bertz CT molecular complexity index is 438. The molecule has 1 aromatic carbocycles. The summed E-state index contributed by atoms with van der Waals surface area (Å²) in [4.78, 5) is 5.45. The number of hydrogen-bond acceptors (Lipinski definition) is 2. The van der Waals surface area contributed by atoms with Crippen LogP contribution in [0.5, 0.6) is 0 Å². The van der Waals surface area contributed by atoms with Gasteiger partial charge in [-0.05, 0) is 24.3 Å². The van der Waals surface area contributed by atoms with E-state index in [0.717, 1.165) is 24.4 Å². The molecule has 3 fully saturated rings. The van der Waals surface area contributed by atoms with Gasteiger partial charge in [-0.1, -0.05) is 43.2 Å². The maximum Gasteiger partial charge on any atom is 0.0276 e. The first-order valence-electron chi connectivity index (χ1n) is 8.39. The van der Waals surface area contributed by atoms with Crippen LogP contribution in [0.25, 0.3) is 0 Å². The Labute approximate surface area is 122 Å². The van der Waals surface area contributed by atoms with Gasteiger partial charge in [-0.2, -0.15) is 0 Å². The molecule has 1 aliphatic carbocycles. The quantitative estimate of drug-likeness (QED) is 0.830. The molecule has 20 heavy (non-hydrogen) atoms. The van der Waals surface area contributed by atoms with E-state index in [-0.39, 0.29) is 0 Å². The van der Waals surface area contributed by atoms with Gasteiger partial charge in [0.05, 0.1) is 0 Å². The van der Waals surface area contributed by atoms with Crippen molar-refractivity contribution >= 4 is 0 Å². The molecule has 2 atom stereocenters. The minimum Gasteiger partial charge on any atom is -0.298 e. The highest BCUT2D eigenvalue weighted by Gasteiger charge is 2.45. The molecule has 0 aromatic heterocycles. The molecule has 2 heterocycles. The summed E-state index contributed by atoms with van der Waals surface area (Å²) in [5, 5.41) is 0. The van der Waals surface area contributed by atoms with Crippen LogP contribution >= 0.6 is 0 Å². The third-order valence-corrected chi connectivity index (χ3v) is 5.64. The Morgan fingerprint density at radius 3 is 2.55 bits per heavy atom. The van der Waals surface area contributed by atoms with Gasteiger partial charge in [0.1, 0.15) is 0 Å². The molecule has 108 valence electrons. The Morgan fingerprint density at radius 1 is 0.950 bits per heavy atom. The fraction of sp³-hybridized carbons (Fsp3) is 0.667. The number of nitrogens with zero attached hydrogens (tertiary/aromatic N) is 2. The predicted octanol–water partition coefficient (Wildman–Crippen LogP) is 2.99. The fourth-order valence-electron chi connectivity index (χ4n) is 4.54. The van der Waals surface area contributed by atoms with Gasteiger partial charge in [0.15, 0.2) is 0 Å². The van der Waals surface area contributed by atoms with Crippen molar-refractivity contribution in [3.63, 3.8) is 0 Å². The molecule has 2 nitrogen and oxygen atoms in total. The predicted molar refractivity (Wildman–Crippen MR) is 82.5 cm³/mol. The van der Waals surface area contributed by atoms with Gasteiger partial charge in [0.25, 0.3) is 0 Å². The molecule has 1 saturated carbocycles. The maximum absolute atomic E-state index is 2.78. The van der Waals surface area contributed by atoms with Crippen LogP contribution in [0, 0.1) is 11.8 Å². The van der Waals surface area contributed by atoms with Crippen molar-refractivity contribution in [3.8, 4) is 0 Å². The van der Waals surface area contributed by atoms with E-state index in [0.29, 0.717) is 0 Å². The van der Waals surface area contributed by atoms with Gasteiger partial charge in [-0.25, -0.2) is 0 Å². The first-order chi connectivity index (χ1) is 9.88. The third kappa shape index (κ3) is 2.51. The number of benzene rings is 1. The SMILES string of the molecule is c1ccc(CN2CC3CN(CC4CCCC4)C3C2)cc1. The van der Waals surface area contributed by atoms with Gasteiger partial charge in [-0.3, -0.25) is 9.80 Å². The molecule has 4 rings (SSSR count). The lowest BCUT2D eigenvalue weighted by Gasteiger charge is -2.45. The monoisotopic (exact) mass is 270 g/mol. The van der Waals surface area contributed by atoms with Crippen LogP contribution in [0.1, 0.15) is 31.2 Å². The first-order valence-corrected chi connectivity index (χ1v) is 8.39. The standard InChI is InChI=1S/C18H26N2/c1-2-6-15(7-3-1)10-19-12-17-13-20(18(17)14-19)11-16-8-4-5-9-16/h1-3,6-7,16-18H,4-5,8-14H2. The lowest BCUT2D eigenvalue weighted by Crippen LogP contribution is -2.56. The normalized spacial score (nSPS) is 31.4. The van der Waals surface area contributed by atoms with Crippen molar-refractivity contribution in [1.82, 2.24) is 9.80 Å². The van der Waals surface area contributed by atoms with E-state index in [1.165, 1.54) is 57.4 Å². The molecular formula is C18H26N2. The topological polar surface area (TPSA) is 6.48 Å². The van der Waals surface area contributed by atoms with Crippen LogP contribution in [0.2, 0.25) is 0 Å². The Kier molecular flexibility index (Phi) is 3.53. The van der Waals surface area contributed by atoms with Crippen LogP contribution in [-0.2, 0) is 6.54 Å². The van der Waals surface area contributed by atoms with Crippen molar-refractivity contribution in [2.75, 3.05) is 26.2 Å². The summed E-state index contributed by atoms with van der Waals surface area (Å²) in [5.41, 5.74) is 1.47. The minimum atomic E-state index is 0.874. The van der Waals surface area contributed by atoms with Gasteiger partial charge in [0, 0.05) is 44.7 Å². The third-order valence-electron chi connectivity index (χ3n) is 5.64. The second-order valence-electron chi connectivity index (χ2n) is 7.11. The van der Waals surface area contributed by atoms with E-state index in [4.69, 9.17) is 0 Å². The molecule has 2 unspecified atom stereocenters. The summed E-state index contributed by atoms with van der Waals surface area (Å²) >= 11 is 0. The summed E-state index contributed by atoms with van der Waals surface area (Å²) in [7, 11) is 0. The van der Waals surface area contributed by atoms with Gasteiger partial charge >= 0.3 is 0 Å². The molecule has 2 heteroatoms. The summed E-state index contributed by atoms with van der Waals surface area (Å²) in [5.74, 6) is 1.97. The molecule has 0 radical (unpaired) electrons. The minimum absolute atomic E-state index is 0.874. The summed E-state index contributed by atoms with van der Waals surface area (Å²) in [6.45, 7) is 6.52. The van der Waals surface area contributed by atoms with Crippen molar-refractivity contribution in [2.45, 2.75) is 38.3 Å². The molecule has 1 aromatic rings. The van der Waals surface area contributed by atoms with Crippen LogP contribution in [0.4, 0.5) is 0 Å². The molecule has 0 spiro atoms. The zero-order valence-electron chi connectivity index (χ0n) is 12.4. The fourth-order valence-corrected chi connectivity index (χ4v) is 4.54. The second-order valence-corrected chi connectivity index (χ2v) is 7.11. The number of rotatable bonds is 4. The Hall–Kier alpha value is -0.860. The smallest absolute Gasteiger partial charge is 0.0276 e. The molecule has 3 aliphatic rings. The highest BCUT2D eigenvalue weighted by atomic mass is 15.3. The van der Waals surface area contributed by atoms with E-state index in [1.54, 1.807) is 0 Å². The summed E-state index contributed by atoms with van der Waals surface area (Å²) < 4.78 is 0. The lowest BCUT2D eigenvalue weighted by atomic mass is 9.90. The molecular weight excluding hydrogens is 244 g/mol. The van der Waals surface area contributed by atoms with E-state index in [9.17, 15) is 0 Å². The van der Waals surface area contributed by atoms with E-state index in [1.807, 2.05) is 0 Å². The van der Waals surface area contributed by atoms with Crippen molar-refractivity contribution in [1.29, 1.82) is 0 Å². The van der Waals surface area contributed by atoms with Crippen molar-refractivity contribution in [2.24, 2.45) is 11.8 Å². The van der Waals surface area contributed by atoms with E-state index in [2.05, 4.69) is 40.1 Å². The van der Waals surface area contributed by atoms with Crippen LogP contribution in [0.3, 0.4) is 0 Å². The van der Waals surface area contributed by atoms with Gasteiger partial charge in [-0.15, -0.1) is 0 Å². The molecule has 0 amide bonds. The zero-order chi connectivity index (χ0) is 13.4. The molecule has 0 bridgehead atoms. The molecule has 2 aliphatic heterocycles. The Balaban J connectivity index is 1.30. The highest BCUT2D eigenvalue weighted by molar-refractivity contribution is 5.15. The number of hydrogen-bond donors (Lipinski definition) is 0. The van der Waals surface area contributed by atoms with Crippen molar-refractivity contribution in [3.05, 3.63) is 35.9 Å². The highest BCUT2D eigenvalue weighted by Crippen LogP contribution is 2.36. The summed E-state index contributed by atoms with van der Waals surface area (Å²) in [6.07, 6.45) is 5.93. The van der Waals surface area contributed by atoms with Gasteiger partial charge in [0.2, 0.25) is 0 Å². The number of fused-ring (bicyclic) bond motifs is 1. The zero-order valence-corrected chi connectivity index (χ0v) is 12.4. The first kappa shape index (κ1) is 12.8. The largest absolute Gasteiger partial charge is 0.298 e. The van der Waals surface area contributed by atoms with Crippen LogP contribution in [-0.4, -0.2) is 42.0 Å². The van der Waals surface area contributed by atoms with E-state index >= 15 is 0 Å². The van der Waals surface area contributed by atoms with Crippen molar-refractivity contribution < 1.29 is 0 Å². The van der Waals surface area contributed by atoms with E-state index < -0.39 is 0 Å².